The summed E-state index contributed by atoms with van der Waals surface area (Å²) < 4.78 is 0. The molecule has 3 nitrogen and oxygen atoms in total. The highest BCUT2D eigenvalue weighted by atomic mass is 16.1. The summed E-state index contributed by atoms with van der Waals surface area (Å²) >= 11 is 0. The second-order valence-electron chi connectivity index (χ2n) is 3.89. The van der Waals surface area contributed by atoms with Crippen LogP contribution in [0, 0.1) is 5.92 Å². The summed E-state index contributed by atoms with van der Waals surface area (Å²) in [4.78, 5) is 9.92. The first kappa shape index (κ1) is 12.4. The Labute approximate surface area is 81.1 Å². The smallest absolute Gasteiger partial charge is 0.207 e. The van der Waals surface area contributed by atoms with Gasteiger partial charge in [-0.15, -0.1) is 0 Å². The molecule has 0 spiro atoms. The van der Waals surface area contributed by atoms with Gasteiger partial charge in [0.1, 0.15) is 0 Å². The third kappa shape index (κ3) is 9.34. The van der Waals surface area contributed by atoms with Crippen LogP contribution in [0.1, 0.15) is 39.5 Å². The van der Waals surface area contributed by atoms with Crippen molar-refractivity contribution in [3.63, 3.8) is 0 Å². The van der Waals surface area contributed by atoms with Crippen molar-refractivity contribution in [3.05, 3.63) is 0 Å². The van der Waals surface area contributed by atoms with Gasteiger partial charge in [-0.2, -0.15) is 0 Å². The van der Waals surface area contributed by atoms with Gasteiger partial charge in [0.25, 0.3) is 0 Å². The van der Waals surface area contributed by atoms with E-state index < -0.39 is 0 Å². The molecule has 0 heterocycles. The van der Waals surface area contributed by atoms with Crippen LogP contribution in [-0.2, 0) is 4.79 Å². The molecule has 0 aliphatic heterocycles. The Kier molecular flexibility index (Phi) is 7.69. The second kappa shape index (κ2) is 8.05. The Hall–Kier alpha value is -0.570. The molecule has 0 aromatic carbocycles. The van der Waals surface area contributed by atoms with Crippen LogP contribution in [0.5, 0.6) is 0 Å². The average Bonchev–Trinajstić information content (AvgIpc) is 2.02. The van der Waals surface area contributed by atoms with E-state index in [1.54, 1.807) is 0 Å². The van der Waals surface area contributed by atoms with E-state index >= 15 is 0 Å². The zero-order valence-corrected chi connectivity index (χ0v) is 8.75. The number of nitrogens with two attached hydrogens (primary N) is 1. The highest BCUT2D eigenvalue weighted by Gasteiger charge is 2.04. The molecule has 3 N–H and O–H groups in total. The maximum Gasteiger partial charge on any atom is 0.207 e. The zero-order valence-electron chi connectivity index (χ0n) is 8.75. The van der Waals surface area contributed by atoms with Crippen molar-refractivity contribution in [2.24, 2.45) is 11.7 Å². The lowest BCUT2D eigenvalue weighted by atomic mass is 9.97. The predicted octanol–water partition coefficient (Wildman–Crippen LogP) is 1.28. The normalized spacial score (nSPS) is 15.0. The molecule has 0 fully saturated rings. The molecule has 2 unspecified atom stereocenters. The van der Waals surface area contributed by atoms with Gasteiger partial charge in [-0.1, -0.05) is 19.8 Å². The Morgan fingerprint density at radius 1 is 1.38 bits per heavy atom. The van der Waals surface area contributed by atoms with E-state index in [4.69, 9.17) is 5.73 Å². The summed E-state index contributed by atoms with van der Waals surface area (Å²) in [7, 11) is 0. The average molecular weight is 186 g/mol. The summed E-state index contributed by atoms with van der Waals surface area (Å²) in [6.45, 7) is 5.08. The number of carbonyl (C=O) groups excluding carboxylic acids is 1. The van der Waals surface area contributed by atoms with Crippen molar-refractivity contribution < 1.29 is 4.79 Å². The zero-order chi connectivity index (χ0) is 10.1. The number of carbonyl (C=O) groups is 1. The van der Waals surface area contributed by atoms with Crippen molar-refractivity contribution in [2.45, 2.75) is 45.6 Å². The van der Waals surface area contributed by atoms with E-state index in [1.165, 1.54) is 12.8 Å². The fourth-order valence-corrected chi connectivity index (χ4v) is 1.53. The van der Waals surface area contributed by atoms with Crippen molar-refractivity contribution in [1.29, 1.82) is 0 Å². The summed E-state index contributed by atoms with van der Waals surface area (Å²) in [6, 6.07) is 0.308. The largest absolute Gasteiger partial charge is 0.359 e. The monoisotopic (exact) mass is 186 g/mol. The third-order valence-corrected chi connectivity index (χ3v) is 2.13. The van der Waals surface area contributed by atoms with Crippen LogP contribution < -0.4 is 11.1 Å². The maximum absolute atomic E-state index is 9.92. The molecule has 3 heteroatoms. The summed E-state index contributed by atoms with van der Waals surface area (Å²) in [5, 5.41) is 2.66. The van der Waals surface area contributed by atoms with Crippen LogP contribution in [-0.4, -0.2) is 19.0 Å². The molecule has 0 saturated heterocycles. The molecule has 13 heavy (non-hydrogen) atoms. The molecule has 0 bridgehead atoms. The van der Waals surface area contributed by atoms with E-state index in [1.807, 2.05) is 6.92 Å². The van der Waals surface area contributed by atoms with Crippen LogP contribution in [0.3, 0.4) is 0 Å². The van der Waals surface area contributed by atoms with Gasteiger partial charge in [-0.05, 0) is 25.7 Å². The van der Waals surface area contributed by atoms with Gasteiger partial charge in [0.2, 0.25) is 6.41 Å². The Morgan fingerprint density at radius 2 is 2.08 bits per heavy atom. The lowest BCUT2D eigenvalue weighted by Gasteiger charge is -2.13. The molecule has 0 radical (unpaired) electrons. The molecule has 0 saturated carbocycles. The first-order chi connectivity index (χ1) is 6.16. The summed E-state index contributed by atoms with van der Waals surface area (Å²) in [5.74, 6) is 0.705. The second-order valence-corrected chi connectivity index (χ2v) is 3.89. The summed E-state index contributed by atoms with van der Waals surface area (Å²) in [6.07, 6.45) is 5.31. The molecular weight excluding hydrogens is 164 g/mol. The molecule has 78 valence electrons. The van der Waals surface area contributed by atoms with Crippen LogP contribution in [0.4, 0.5) is 0 Å². The minimum atomic E-state index is 0.308. The minimum absolute atomic E-state index is 0.308. The summed E-state index contributed by atoms with van der Waals surface area (Å²) in [5.41, 5.74) is 5.69. The van der Waals surface area contributed by atoms with E-state index in [-0.39, 0.29) is 0 Å². The van der Waals surface area contributed by atoms with Crippen molar-refractivity contribution in [3.8, 4) is 0 Å². The van der Waals surface area contributed by atoms with Gasteiger partial charge in [0.05, 0.1) is 0 Å². The number of amides is 1. The fourth-order valence-electron chi connectivity index (χ4n) is 1.53. The maximum atomic E-state index is 9.92. The van der Waals surface area contributed by atoms with E-state index in [0.29, 0.717) is 12.0 Å². The van der Waals surface area contributed by atoms with Crippen LogP contribution in [0.2, 0.25) is 0 Å². The lowest BCUT2D eigenvalue weighted by Crippen LogP contribution is -2.18. The number of hydrogen-bond acceptors (Lipinski definition) is 2. The third-order valence-electron chi connectivity index (χ3n) is 2.13. The quantitative estimate of drug-likeness (QED) is 0.443. The van der Waals surface area contributed by atoms with Gasteiger partial charge < -0.3 is 11.1 Å². The van der Waals surface area contributed by atoms with Crippen LogP contribution >= 0.6 is 0 Å². The highest BCUT2D eigenvalue weighted by molar-refractivity contribution is 5.45. The van der Waals surface area contributed by atoms with Crippen LogP contribution in [0.15, 0.2) is 0 Å². The fraction of sp³-hybridized carbons (Fsp3) is 0.900. The molecule has 0 aliphatic rings. The van der Waals surface area contributed by atoms with Crippen molar-refractivity contribution in [1.82, 2.24) is 5.32 Å². The van der Waals surface area contributed by atoms with Gasteiger partial charge in [0, 0.05) is 12.6 Å². The number of rotatable bonds is 8. The van der Waals surface area contributed by atoms with Gasteiger partial charge >= 0.3 is 0 Å². The number of nitrogens with one attached hydrogen (secondary N) is 1. The molecule has 1 amide bonds. The SMILES string of the molecule is CC(N)CC(C)CCCCNC=O. The predicted molar refractivity (Wildman–Crippen MR) is 55.3 cm³/mol. The van der Waals surface area contributed by atoms with E-state index in [2.05, 4.69) is 12.2 Å². The number of hydrogen-bond donors (Lipinski definition) is 2. The van der Waals surface area contributed by atoms with Crippen LogP contribution in [0.25, 0.3) is 0 Å². The van der Waals surface area contributed by atoms with Gasteiger partial charge in [-0.25, -0.2) is 0 Å². The lowest BCUT2D eigenvalue weighted by molar-refractivity contribution is -0.109. The Morgan fingerprint density at radius 3 is 2.62 bits per heavy atom. The Bertz CT molecular complexity index is 126. The first-order valence-electron chi connectivity index (χ1n) is 5.09. The van der Waals surface area contributed by atoms with E-state index in [9.17, 15) is 4.79 Å². The molecule has 0 aliphatic carbocycles. The van der Waals surface area contributed by atoms with Gasteiger partial charge in [0.15, 0.2) is 0 Å². The molecule has 0 aromatic heterocycles. The highest BCUT2D eigenvalue weighted by Crippen LogP contribution is 2.12. The molecule has 0 rings (SSSR count). The first-order valence-corrected chi connectivity index (χ1v) is 5.09. The standard InChI is InChI=1S/C10H22N2O/c1-9(7-10(2)11)5-3-4-6-12-8-13/h8-10H,3-7,11H2,1-2H3,(H,12,13). The number of unbranched alkanes of at least 4 members (excludes halogenated alkanes) is 1. The van der Waals surface area contributed by atoms with Crippen molar-refractivity contribution >= 4 is 6.41 Å². The van der Waals surface area contributed by atoms with Gasteiger partial charge in [-0.3, -0.25) is 4.79 Å². The Balaban J connectivity index is 3.16. The minimum Gasteiger partial charge on any atom is -0.359 e. The van der Waals surface area contributed by atoms with E-state index in [0.717, 1.165) is 25.8 Å². The molecule has 0 aromatic rings. The molecular formula is C10H22N2O. The van der Waals surface area contributed by atoms with Crippen molar-refractivity contribution in [2.75, 3.05) is 6.54 Å². The topological polar surface area (TPSA) is 55.1 Å². The molecule has 2 atom stereocenters.